The largest absolute Gasteiger partial charge is 0.474 e. The van der Waals surface area contributed by atoms with Crippen molar-refractivity contribution in [2.75, 3.05) is 38.8 Å². The number of fused-ring (bicyclic) bond motifs is 1. The van der Waals surface area contributed by atoms with Gasteiger partial charge >= 0.3 is 19.9 Å². The molecule has 0 fully saturated rings. The lowest BCUT2D eigenvalue weighted by molar-refractivity contribution is 0.0353. The van der Waals surface area contributed by atoms with Crippen molar-refractivity contribution in [3.05, 3.63) is 71.9 Å². The van der Waals surface area contributed by atoms with E-state index in [4.69, 9.17) is 18.3 Å². The van der Waals surface area contributed by atoms with Gasteiger partial charge in [-0.05, 0) is 37.8 Å². The number of likely N-dealkylation sites (N-methyl/N-ethyl adjacent to an activating group) is 1. The number of aliphatic hydroxyl groups excluding tert-OH is 1. The number of halogens is 2. The fourth-order valence-corrected chi connectivity index (χ4v) is 5.15. The molecule has 234 valence electrons. The van der Waals surface area contributed by atoms with E-state index in [0.29, 0.717) is 0 Å². The predicted molar refractivity (Wildman–Crippen MR) is 154 cm³/mol. The molecule has 12 nitrogen and oxygen atoms in total. The molecule has 15 heteroatoms. The molecule has 0 aliphatic heterocycles. The molecule has 1 aromatic heterocycles. The second-order valence-corrected chi connectivity index (χ2v) is 10.9. The zero-order chi connectivity index (χ0) is 31.4. The Morgan fingerprint density at radius 1 is 1.02 bits per heavy atom. The van der Waals surface area contributed by atoms with E-state index >= 15 is 0 Å². The third-order valence-electron chi connectivity index (χ3n) is 6.14. The first kappa shape index (κ1) is 33.8. The lowest BCUT2D eigenvalue weighted by Gasteiger charge is -2.30. The minimum absolute atomic E-state index is 0.0415. The van der Waals surface area contributed by atoms with Gasteiger partial charge in [-0.1, -0.05) is 36.4 Å². The summed E-state index contributed by atoms with van der Waals surface area (Å²) in [5.41, 5.74) is -0.0761. The monoisotopic (exact) mass is 624 g/mol. The highest BCUT2D eigenvalue weighted by molar-refractivity contribution is 7.48. The van der Waals surface area contributed by atoms with Crippen LogP contribution in [-0.2, 0) is 29.4 Å². The second kappa shape index (κ2) is 16.2. The van der Waals surface area contributed by atoms with Crippen LogP contribution in [0.2, 0.25) is 0 Å². The average molecular weight is 625 g/mol. The summed E-state index contributed by atoms with van der Waals surface area (Å²) >= 11 is 0. The van der Waals surface area contributed by atoms with E-state index in [-0.39, 0.29) is 44.2 Å². The molecule has 2 atom stereocenters. The first-order valence-corrected chi connectivity index (χ1v) is 14.9. The van der Waals surface area contributed by atoms with Crippen LogP contribution in [0, 0.1) is 11.6 Å². The summed E-state index contributed by atoms with van der Waals surface area (Å²) in [6.07, 6.45) is -0.777. The standard InChI is InChI=1S/C28H35F2N4O8P/c1-4-40-43(38,41-5-2)42-18-23(35)14-22(34(3)27(36)32-16-21-11-8-12-24(29)26(21)30)17-39-28(37)33-25-13-19-9-6-7-10-20(19)15-31-25/h6-13,15,22-23,35H,4-5,14,16-18H2,1-3H3,(H,32,36)(H,31,33,37)/t22-,23+/m0/s1. The molecule has 3 aromatic rings. The molecule has 0 unspecified atom stereocenters. The van der Waals surface area contributed by atoms with E-state index < -0.39 is 50.3 Å². The first-order valence-electron chi connectivity index (χ1n) is 13.5. The number of hydrogen-bond donors (Lipinski definition) is 3. The normalized spacial score (nSPS) is 12.9. The van der Waals surface area contributed by atoms with Gasteiger partial charge in [-0.3, -0.25) is 18.9 Å². The number of anilines is 1. The quantitative estimate of drug-likeness (QED) is 0.194. The van der Waals surface area contributed by atoms with Crippen LogP contribution >= 0.6 is 7.82 Å². The minimum atomic E-state index is -3.92. The molecule has 0 aliphatic carbocycles. The summed E-state index contributed by atoms with van der Waals surface area (Å²) in [6.45, 7) is 2.08. The second-order valence-electron chi connectivity index (χ2n) is 9.24. The number of aliphatic hydroxyl groups is 1. The number of benzene rings is 2. The summed E-state index contributed by atoms with van der Waals surface area (Å²) in [6, 6.07) is 11.0. The molecule has 3 rings (SSSR count). The highest BCUT2D eigenvalue weighted by Gasteiger charge is 2.30. The Morgan fingerprint density at radius 3 is 2.42 bits per heavy atom. The smallest absolute Gasteiger partial charge is 0.447 e. The predicted octanol–water partition coefficient (Wildman–Crippen LogP) is 5.22. The molecule has 0 radical (unpaired) electrons. The number of carbonyl (C=O) groups is 2. The zero-order valence-electron chi connectivity index (χ0n) is 24.0. The fourth-order valence-electron chi connectivity index (χ4n) is 3.94. The number of pyridine rings is 1. The molecule has 43 heavy (non-hydrogen) atoms. The Balaban J connectivity index is 1.66. The molecule has 0 saturated carbocycles. The number of hydrogen-bond acceptors (Lipinski definition) is 9. The summed E-state index contributed by atoms with van der Waals surface area (Å²) in [5, 5.41) is 17.4. The fraction of sp³-hybridized carbons (Fsp3) is 0.393. The lowest BCUT2D eigenvalue weighted by atomic mass is 10.1. The number of nitrogens with one attached hydrogen (secondary N) is 2. The van der Waals surface area contributed by atoms with Crippen LogP contribution in [0.15, 0.2) is 54.7 Å². The van der Waals surface area contributed by atoms with Crippen molar-refractivity contribution in [2.24, 2.45) is 0 Å². The van der Waals surface area contributed by atoms with Gasteiger partial charge in [0.25, 0.3) is 0 Å². The highest BCUT2D eigenvalue weighted by Crippen LogP contribution is 2.49. The van der Waals surface area contributed by atoms with Crippen LogP contribution in [0.25, 0.3) is 10.8 Å². The molecule has 3 N–H and O–H groups in total. The molecule has 0 bridgehead atoms. The summed E-state index contributed by atoms with van der Waals surface area (Å²) in [5.74, 6) is -1.91. The van der Waals surface area contributed by atoms with Crippen molar-refractivity contribution in [3.8, 4) is 0 Å². The number of amides is 3. The van der Waals surface area contributed by atoms with E-state index in [1.54, 1.807) is 26.1 Å². The molecule has 3 amide bonds. The Bertz CT molecular complexity index is 1420. The number of carbonyl (C=O) groups excluding carboxylic acids is 2. The summed E-state index contributed by atoms with van der Waals surface area (Å²) < 4.78 is 60.9. The number of urea groups is 1. The van der Waals surface area contributed by atoms with E-state index in [1.807, 2.05) is 24.3 Å². The maximum absolute atomic E-state index is 14.0. The highest BCUT2D eigenvalue weighted by atomic mass is 31.2. The topological polar surface area (TPSA) is 149 Å². The average Bonchev–Trinajstić information content (AvgIpc) is 2.98. The summed E-state index contributed by atoms with van der Waals surface area (Å²) in [7, 11) is -2.55. The van der Waals surface area contributed by atoms with Gasteiger partial charge in [0.05, 0.1) is 32.0 Å². The van der Waals surface area contributed by atoms with Gasteiger partial charge in [-0.25, -0.2) is 27.9 Å². The first-order chi connectivity index (χ1) is 20.5. The van der Waals surface area contributed by atoms with Crippen molar-refractivity contribution in [3.63, 3.8) is 0 Å². The summed E-state index contributed by atoms with van der Waals surface area (Å²) in [4.78, 5) is 30.8. The van der Waals surface area contributed by atoms with Gasteiger partial charge in [0, 0.05) is 30.7 Å². The number of rotatable bonds is 15. The van der Waals surface area contributed by atoms with E-state index in [1.165, 1.54) is 19.2 Å². The Morgan fingerprint density at radius 2 is 1.72 bits per heavy atom. The van der Waals surface area contributed by atoms with Gasteiger partial charge < -0.3 is 20.1 Å². The van der Waals surface area contributed by atoms with Crippen LogP contribution < -0.4 is 10.6 Å². The van der Waals surface area contributed by atoms with E-state index in [0.717, 1.165) is 21.7 Å². The van der Waals surface area contributed by atoms with Gasteiger partial charge in [0.2, 0.25) is 0 Å². The Kier molecular flexibility index (Phi) is 12.8. The van der Waals surface area contributed by atoms with Crippen LogP contribution in [0.5, 0.6) is 0 Å². The number of ether oxygens (including phenoxy) is 1. The van der Waals surface area contributed by atoms with Crippen molar-refractivity contribution < 1.29 is 46.3 Å². The van der Waals surface area contributed by atoms with Crippen LogP contribution in [0.4, 0.5) is 24.2 Å². The van der Waals surface area contributed by atoms with Crippen LogP contribution in [0.3, 0.4) is 0 Å². The number of phosphoric ester groups is 1. The van der Waals surface area contributed by atoms with Crippen molar-refractivity contribution >= 4 is 36.5 Å². The maximum atomic E-state index is 14.0. The molecular weight excluding hydrogens is 589 g/mol. The molecule has 1 heterocycles. The van der Waals surface area contributed by atoms with E-state index in [9.17, 15) is 28.0 Å². The lowest BCUT2D eigenvalue weighted by Crippen LogP contribution is -2.47. The molecular formula is C28H35F2N4O8P. The Hall–Kier alpha value is -3.68. The van der Waals surface area contributed by atoms with Gasteiger partial charge in [-0.15, -0.1) is 0 Å². The SMILES string of the molecule is CCOP(=O)(OCC)OC[C@H](O)C[C@@H](COC(=O)Nc1cc2ccccc2cn1)N(C)C(=O)NCc1cccc(F)c1F. The zero-order valence-corrected chi connectivity index (χ0v) is 24.9. The Labute approximate surface area is 247 Å². The van der Waals surface area contributed by atoms with Crippen molar-refractivity contribution in [1.82, 2.24) is 15.2 Å². The third-order valence-corrected chi connectivity index (χ3v) is 7.76. The van der Waals surface area contributed by atoms with Crippen LogP contribution in [-0.4, -0.2) is 72.7 Å². The molecule has 0 aliphatic rings. The third kappa shape index (κ3) is 10.2. The minimum Gasteiger partial charge on any atom is -0.447 e. The number of nitrogens with zero attached hydrogens (tertiary/aromatic N) is 2. The number of aromatic nitrogens is 1. The van der Waals surface area contributed by atoms with Crippen molar-refractivity contribution in [2.45, 2.75) is 39.0 Å². The molecule has 2 aromatic carbocycles. The number of phosphoric acid groups is 1. The van der Waals surface area contributed by atoms with E-state index in [2.05, 4.69) is 15.6 Å². The van der Waals surface area contributed by atoms with Crippen molar-refractivity contribution in [1.29, 1.82) is 0 Å². The molecule has 0 saturated heterocycles. The van der Waals surface area contributed by atoms with Gasteiger partial charge in [-0.2, -0.15) is 0 Å². The maximum Gasteiger partial charge on any atom is 0.474 e. The van der Waals surface area contributed by atoms with Gasteiger partial charge in [0.1, 0.15) is 12.4 Å². The van der Waals surface area contributed by atoms with Gasteiger partial charge in [0.15, 0.2) is 11.6 Å². The molecule has 0 spiro atoms. The van der Waals surface area contributed by atoms with Crippen LogP contribution in [0.1, 0.15) is 25.8 Å².